The van der Waals surface area contributed by atoms with E-state index in [1.54, 1.807) is 11.0 Å². The largest absolute Gasteiger partial charge is 0.353 e. The molecule has 3 heterocycles. The Balaban J connectivity index is 1.70. The highest BCUT2D eigenvalue weighted by atomic mass is 16.2. The molecule has 1 aliphatic heterocycles. The number of hydrogen-bond donors (Lipinski definition) is 0. The number of fused-ring (bicyclic) bond motifs is 1. The minimum Gasteiger partial charge on any atom is -0.353 e. The third-order valence-corrected chi connectivity index (χ3v) is 4.41. The monoisotopic (exact) mass is 331 g/mol. The summed E-state index contributed by atoms with van der Waals surface area (Å²) in [5, 5.41) is 8.32. The Hall–Kier alpha value is -2.25. The summed E-state index contributed by atoms with van der Waals surface area (Å²) in [6, 6.07) is 0. The topological polar surface area (TPSA) is 80.0 Å². The number of carbonyl (C=O) groups is 1. The lowest BCUT2D eigenvalue weighted by Crippen LogP contribution is -2.55. The van der Waals surface area contributed by atoms with Gasteiger partial charge in [-0.2, -0.15) is 0 Å². The zero-order valence-electron chi connectivity index (χ0n) is 14.6. The Morgan fingerprint density at radius 2 is 1.92 bits per heavy atom. The van der Waals surface area contributed by atoms with Crippen molar-refractivity contribution in [3.63, 3.8) is 0 Å². The van der Waals surface area contributed by atoms with Gasteiger partial charge in [0.05, 0.1) is 5.92 Å². The summed E-state index contributed by atoms with van der Waals surface area (Å²) in [5.41, 5.74) is 1.46. The van der Waals surface area contributed by atoms with Crippen LogP contribution in [0.4, 0.5) is 5.82 Å². The van der Waals surface area contributed by atoms with Crippen molar-refractivity contribution >= 4 is 22.9 Å². The first kappa shape index (κ1) is 16.6. The van der Waals surface area contributed by atoms with Crippen LogP contribution in [0.25, 0.3) is 11.2 Å². The van der Waals surface area contributed by atoms with Gasteiger partial charge in [0, 0.05) is 32.7 Å². The molecule has 0 N–H and O–H groups in total. The number of anilines is 1. The number of nitrogens with zero attached hydrogens (tertiary/aromatic N) is 7. The molecule has 1 saturated heterocycles. The van der Waals surface area contributed by atoms with Crippen molar-refractivity contribution in [2.75, 3.05) is 31.1 Å². The van der Waals surface area contributed by atoms with Crippen LogP contribution in [0.1, 0.15) is 33.6 Å². The van der Waals surface area contributed by atoms with E-state index in [0.717, 1.165) is 43.9 Å². The van der Waals surface area contributed by atoms with Crippen LogP contribution in [0.3, 0.4) is 0 Å². The summed E-state index contributed by atoms with van der Waals surface area (Å²) in [6.45, 7) is 10.00. The van der Waals surface area contributed by atoms with E-state index in [2.05, 4.69) is 39.0 Å². The maximum Gasteiger partial charge on any atom is 0.229 e. The summed E-state index contributed by atoms with van der Waals surface area (Å²) in [4.78, 5) is 25.3. The number of aryl methyl sites for hydroxylation is 1. The molecule has 1 amide bonds. The van der Waals surface area contributed by atoms with Gasteiger partial charge in [0.1, 0.15) is 6.33 Å². The lowest BCUT2D eigenvalue weighted by molar-refractivity contribution is -0.136. The van der Waals surface area contributed by atoms with Gasteiger partial charge in [-0.05, 0) is 19.8 Å². The van der Waals surface area contributed by atoms with Gasteiger partial charge in [-0.25, -0.2) is 14.6 Å². The van der Waals surface area contributed by atoms with Gasteiger partial charge >= 0.3 is 0 Å². The van der Waals surface area contributed by atoms with Crippen molar-refractivity contribution in [3.05, 3.63) is 6.33 Å². The fourth-order valence-electron chi connectivity index (χ4n) is 3.16. The predicted molar refractivity (Wildman–Crippen MR) is 91.7 cm³/mol. The number of aromatic nitrogens is 5. The Morgan fingerprint density at radius 1 is 1.21 bits per heavy atom. The van der Waals surface area contributed by atoms with Crippen LogP contribution in [0, 0.1) is 5.92 Å². The van der Waals surface area contributed by atoms with E-state index in [1.165, 1.54) is 0 Å². The molecule has 3 rings (SSSR count). The zero-order valence-corrected chi connectivity index (χ0v) is 14.6. The lowest BCUT2D eigenvalue weighted by atomic mass is 9.98. The van der Waals surface area contributed by atoms with Gasteiger partial charge in [-0.3, -0.25) is 4.79 Å². The van der Waals surface area contributed by atoms with E-state index in [0.29, 0.717) is 18.6 Å². The second kappa shape index (κ2) is 7.11. The molecular weight excluding hydrogens is 306 g/mol. The second-order valence-corrected chi connectivity index (χ2v) is 6.20. The van der Waals surface area contributed by atoms with Crippen LogP contribution in [-0.2, 0) is 11.3 Å². The Labute approximate surface area is 141 Å². The molecule has 0 saturated carbocycles. The first-order chi connectivity index (χ1) is 11.7. The molecule has 0 spiro atoms. The fraction of sp³-hybridized carbons (Fsp3) is 0.688. The molecule has 1 fully saturated rings. The minimum atomic E-state index is 0.0503. The smallest absolute Gasteiger partial charge is 0.229 e. The number of rotatable bonds is 7. The molecule has 0 aliphatic carbocycles. The normalized spacial score (nSPS) is 14.9. The van der Waals surface area contributed by atoms with Gasteiger partial charge in [-0.1, -0.05) is 19.1 Å². The maximum absolute atomic E-state index is 12.6. The Morgan fingerprint density at radius 3 is 2.54 bits per heavy atom. The molecule has 0 aromatic carbocycles. The second-order valence-electron chi connectivity index (χ2n) is 6.20. The van der Waals surface area contributed by atoms with E-state index in [9.17, 15) is 4.79 Å². The first-order valence-electron chi connectivity index (χ1n) is 8.77. The highest BCUT2D eigenvalue weighted by Gasteiger charge is 2.37. The highest BCUT2D eigenvalue weighted by molar-refractivity contribution is 5.86. The van der Waals surface area contributed by atoms with Crippen molar-refractivity contribution in [2.24, 2.45) is 5.92 Å². The summed E-state index contributed by atoms with van der Waals surface area (Å²) in [5.74, 6) is 1.09. The van der Waals surface area contributed by atoms with Crippen LogP contribution < -0.4 is 4.90 Å². The summed E-state index contributed by atoms with van der Waals surface area (Å²) in [6.07, 6.45) is 3.53. The van der Waals surface area contributed by atoms with Crippen LogP contribution in [0.2, 0.25) is 0 Å². The molecule has 1 aliphatic rings. The summed E-state index contributed by atoms with van der Waals surface area (Å²) >= 11 is 0. The number of carbonyl (C=O) groups excluding carboxylic acids is 1. The standard InChI is InChI=1S/C16H25N7O/c1-4-7-21(8-5-2)16(24)12-9-22(10-12)14-13-15(18-11-17-14)23(6-3)20-19-13/h11-12H,4-10H2,1-3H3. The Kier molecular flexibility index (Phi) is 4.92. The van der Waals surface area contributed by atoms with Crippen molar-refractivity contribution in [3.8, 4) is 0 Å². The van der Waals surface area contributed by atoms with E-state index in [1.807, 2.05) is 11.8 Å². The van der Waals surface area contributed by atoms with Crippen molar-refractivity contribution in [1.29, 1.82) is 0 Å². The molecule has 2 aromatic heterocycles. The molecule has 2 aromatic rings. The molecule has 8 heteroatoms. The first-order valence-corrected chi connectivity index (χ1v) is 8.77. The average Bonchev–Trinajstić information content (AvgIpc) is 2.97. The van der Waals surface area contributed by atoms with E-state index < -0.39 is 0 Å². The predicted octanol–water partition coefficient (Wildman–Crippen LogP) is 1.33. The zero-order chi connectivity index (χ0) is 17.1. The Bertz CT molecular complexity index is 702. The third-order valence-electron chi connectivity index (χ3n) is 4.41. The van der Waals surface area contributed by atoms with Crippen LogP contribution in [0.5, 0.6) is 0 Å². The molecule has 0 radical (unpaired) electrons. The molecule has 0 bridgehead atoms. The van der Waals surface area contributed by atoms with Gasteiger partial charge in [0.25, 0.3) is 0 Å². The number of hydrogen-bond acceptors (Lipinski definition) is 6. The van der Waals surface area contributed by atoms with E-state index in [-0.39, 0.29) is 11.8 Å². The minimum absolute atomic E-state index is 0.0503. The number of amides is 1. The SMILES string of the molecule is CCCN(CCC)C(=O)C1CN(c2ncnc3c2nnn3CC)C1. The fourth-order valence-corrected chi connectivity index (χ4v) is 3.16. The van der Waals surface area contributed by atoms with Crippen molar-refractivity contribution in [1.82, 2.24) is 29.9 Å². The van der Waals surface area contributed by atoms with E-state index in [4.69, 9.17) is 0 Å². The summed E-state index contributed by atoms with van der Waals surface area (Å²) < 4.78 is 1.76. The van der Waals surface area contributed by atoms with Gasteiger partial charge in [0.2, 0.25) is 5.91 Å². The van der Waals surface area contributed by atoms with Crippen LogP contribution in [-0.4, -0.2) is 61.9 Å². The van der Waals surface area contributed by atoms with Gasteiger partial charge < -0.3 is 9.80 Å². The van der Waals surface area contributed by atoms with Crippen LogP contribution >= 0.6 is 0 Å². The lowest BCUT2D eigenvalue weighted by Gasteiger charge is -2.41. The molecule has 0 unspecified atom stereocenters. The van der Waals surface area contributed by atoms with E-state index >= 15 is 0 Å². The molecule has 130 valence electrons. The maximum atomic E-state index is 12.6. The van der Waals surface area contributed by atoms with Crippen molar-refractivity contribution in [2.45, 2.75) is 40.2 Å². The highest BCUT2D eigenvalue weighted by Crippen LogP contribution is 2.28. The van der Waals surface area contributed by atoms with Crippen molar-refractivity contribution < 1.29 is 4.79 Å². The third kappa shape index (κ3) is 2.92. The summed E-state index contributed by atoms with van der Waals surface area (Å²) in [7, 11) is 0. The molecule has 24 heavy (non-hydrogen) atoms. The molecule has 0 atom stereocenters. The van der Waals surface area contributed by atoms with Crippen LogP contribution in [0.15, 0.2) is 6.33 Å². The molecular formula is C16H25N7O. The van der Waals surface area contributed by atoms with Gasteiger partial charge in [0.15, 0.2) is 17.0 Å². The quantitative estimate of drug-likeness (QED) is 0.761. The molecule has 8 nitrogen and oxygen atoms in total. The van der Waals surface area contributed by atoms with Gasteiger partial charge in [-0.15, -0.1) is 5.10 Å². The average molecular weight is 331 g/mol.